The van der Waals surface area contributed by atoms with Crippen molar-refractivity contribution in [1.82, 2.24) is 5.32 Å². The Morgan fingerprint density at radius 2 is 2.05 bits per heavy atom. The fourth-order valence-electron chi connectivity index (χ4n) is 2.17. The first-order valence-corrected chi connectivity index (χ1v) is 9.36. The van der Waals surface area contributed by atoms with Crippen molar-refractivity contribution in [3.05, 3.63) is 33.8 Å². The Balaban J connectivity index is 2.79. The third-order valence-electron chi connectivity index (χ3n) is 3.14. The number of sulfone groups is 1. The van der Waals surface area contributed by atoms with Crippen LogP contribution in [0, 0.1) is 6.92 Å². The third-order valence-corrected chi connectivity index (χ3v) is 5.03. The molecule has 1 unspecified atom stereocenters. The number of nitrogens with one attached hydrogen (secondary N) is 1. The summed E-state index contributed by atoms with van der Waals surface area (Å²) in [7, 11) is -2.87. The van der Waals surface area contributed by atoms with Gasteiger partial charge in [0.2, 0.25) is 0 Å². The molecular formula is C14H22BrNO2S. The van der Waals surface area contributed by atoms with Crippen LogP contribution < -0.4 is 5.32 Å². The molecule has 0 fully saturated rings. The topological polar surface area (TPSA) is 46.2 Å². The number of hydrogen-bond donors (Lipinski definition) is 1. The van der Waals surface area contributed by atoms with Crippen LogP contribution >= 0.6 is 15.9 Å². The molecule has 0 saturated carbocycles. The fraction of sp³-hybridized carbons (Fsp3) is 0.571. The van der Waals surface area contributed by atoms with Gasteiger partial charge in [-0.25, -0.2) is 8.42 Å². The highest BCUT2D eigenvalue weighted by molar-refractivity contribution is 9.10. The molecule has 0 amide bonds. The maximum atomic E-state index is 11.2. The van der Waals surface area contributed by atoms with Crippen LogP contribution in [-0.2, 0) is 9.84 Å². The molecule has 1 N–H and O–H groups in total. The Bertz CT molecular complexity index is 514. The lowest BCUT2D eigenvalue weighted by Gasteiger charge is -2.21. The summed E-state index contributed by atoms with van der Waals surface area (Å²) in [5, 5.41) is 3.44. The average molecular weight is 348 g/mol. The highest BCUT2D eigenvalue weighted by Gasteiger charge is 2.14. The van der Waals surface area contributed by atoms with Crippen molar-refractivity contribution in [2.75, 3.05) is 18.6 Å². The first-order chi connectivity index (χ1) is 8.85. The van der Waals surface area contributed by atoms with Gasteiger partial charge in [0.15, 0.2) is 0 Å². The molecule has 1 atom stereocenters. The molecule has 0 aromatic heterocycles. The molecule has 19 heavy (non-hydrogen) atoms. The minimum absolute atomic E-state index is 0.212. The number of benzene rings is 1. The molecule has 0 spiro atoms. The SMILES string of the molecule is CCNC(CCCS(C)(=O)=O)c1cccc(Br)c1C. The summed E-state index contributed by atoms with van der Waals surface area (Å²) in [4.78, 5) is 0. The largest absolute Gasteiger partial charge is 0.310 e. The van der Waals surface area contributed by atoms with Crippen molar-refractivity contribution in [3.63, 3.8) is 0 Å². The Morgan fingerprint density at radius 1 is 1.37 bits per heavy atom. The lowest BCUT2D eigenvalue weighted by molar-refractivity contribution is 0.505. The molecule has 108 valence electrons. The third kappa shape index (κ3) is 5.63. The highest BCUT2D eigenvalue weighted by Crippen LogP contribution is 2.27. The zero-order valence-electron chi connectivity index (χ0n) is 11.7. The second kappa shape index (κ2) is 7.41. The predicted octanol–water partition coefficient (Wildman–Crippen LogP) is 3.23. The van der Waals surface area contributed by atoms with Crippen molar-refractivity contribution < 1.29 is 8.42 Å². The number of halogens is 1. The molecule has 0 heterocycles. The first kappa shape index (κ1) is 16.7. The van der Waals surface area contributed by atoms with Crippen LogP contribution in [0.2, 0.25) is 0 Å². The Labute approximate surface area is 124 Å². The van der Waals surface area contributed by atoms with E-state index in [2.05, 4.69) is 41.2 Å². The zero-order valence-corrected chi connectivity index (χ0v) is 14.1. The summed E-state index contributed by atoms with van der Waals surface area (Å²) < 4.78 is 23.5. The summed E-state index contributed by atoms with van der Waals surface area (Å²) in [6.07, 6.45) is 2.81. The molecule has 0 aliphatic heterocycles. The van der Waals surface area contributed by atoms with Crippen LogP contribution in [0.4, 0.5) is 0 Å². The maximum Gasteiger partial charge on any atom is 0.147 e. The molecule has 0 bridgehead atoms. The van der Waals surface area contributed by atoms with Gasteiger partial charge in [-0.15, -0.1) is 0 Å². The standard InChI is InChI=1S/C14H22BrNO2S/c1-4-16-14(9-6-10-19(3,17)18)12-7-5-8-13(15)11(12)2/h5,7-8,14,16H,4,6,9-10H2,1-3H3. The van der Waals surface area contributed by atoms with Gasteiger partial charge in [0.1, 0.15) is 9.84 Å². The van der Waals surface area contributed by atoms with Crippen LogP contribution in [0.3, 0.4) is 0 Å². The molecule has 0 radical (unpaired) electrons. The van der Waals surface area contributed by atoms with E-state index in [9.17, 15) is 8.42 Å². The van der Waals surface area contributed by atoms with Gasteiger partial charge in [-0.1, -0.05) is 35.0 Å². The molecule has 1 rings (SSSR count). The second-order valence-corrected chi connectivity index (χ2v) is 7.95. The first-order valence-electron chi connectivity index (χ1n) is 6.51. The van der Waals surface area contributed by atoms with Crippen molar-refractivity contribution in [3.8, 4) is 0 Å². The van der Waals surface area contributed by atoms with Crippen LogP contribution in [0.1, 0.15) is 36.9 Å². The molecule has 1 aromatic rings. The van der Waals surface area contributed by atoms with E-state index in [1.807, 2.05) is 12.1 Å². The average Bonchev–Trinajstić information content (AvgIpc) is 2.30. The Hall–Kier alpha value is -0.390. The quantitative estimate of drug-likeness (QED) is 0.823. The van der Waals surface area contributed by atoms with Gasteiger partial charge in [-0.3, -0.25) is 0 Å². The summed E-state index contributed by atoms with van der Waals surface area (Å²) in [6.45, 7) is 5.02. The summed E-state index contributed by atoms with van der Waals surface area (Å²) in [5.41, 5.74) is 2.46. The van der Waals surface area contributed by atoms with E-state index in [1.165, 1.54) is 17.4 Å². The summed E-state index contributed by atoms with van der Waals surface area (Å²) in [6, 6.07) is 6.36. The normalized spacial score (nSPS) is 13.5. The predicted molar refractivity (Wildman–Crippen MR) is 84.2 cm³/mol. The van der Waals surface area contributed by atoms with E-state index in [1.54, 1.807) is 0 Å². The molecule has 1 aromatic carbocycles. The van der Waals surface area contributed by atoms with E-state index in [0.29, 0.717) is 6.42 Å². The van der Waals surface area contributed by atoms with Gasteiger partial charge in [0.25, 0.3) is 0 Å². The highest BCUT2D eigenvalue weighted by atomic mass is 79.9. The van der Waals surface area contributed by atoms with Crippen LogP contribution in [0.5, 0.6) is 0 Å². The van der Waals surface area contributed by atoms with Gasteiger partial charge < -0.3 is 5.32 Å². The molecule has 0 aliphatic rings. The van der Waals surface area contributed by atoms with Crippen molar-refractivity contribution in [2.24, 2.45) is 0 Å². The maximum absolute atomic E-state index is 11.2. The van der Waals surface area contributed by atoms with Crippen molar-refractivity contribution in [1.29, 1.82) is 0 Å². The smallest absolute Gasteiger partial charge is 0.147 e. The summed E-state index contributed by atoms with van der Waals surface area (Å²) in [5.74, 6) is 0.252. The summed E-state index contributed by atoms with van der Waals surface area (Å²) >= 11 is 3.54. The van der Waals surface area contributed by atoms with E-state index in [4.69, 9.17) is 0 Å². The van der Waals surface area contributed by atoms with Crippen molar-refractivity contribution >= 4 is 25.8 Å². The van der Waals surface area contributed by atoms with E-state index >= 15 is 0 Å². The van der Waals surface area contributed by atoms with Gasteiger partial charge >= 0.3 is 0 Å². The number of hydrogen-bond acceptors (Lipinski definition) is 3. The van der Waals surface area contributed by atoms with Crippen LogP contribution in [0.15, 0.2) is 22.7 Å². The molecular weight excluding hydrogens is 326 g/mol. The molecule has 0 saturated heterocycles. The number of rotatable bonds is 7. The van der Waals surface area contributed by atoms with Gasteiger partial charge in [0, 0.05) is 22.5 Å². The second-order valence-electron chi connectivity index (χ2n) is 4.84. The minimum Gasteiger partial charge on any atom is -0.310 e. The van der Waals surface area contributed by atoms with E-state index in [-0.39, 0.29) is 11.8 Å². The van der Waals surface area contributed by atoms with Gasteiger partial charge in [-0.05, 0) is 43.5 Å². The molecule has 3 nitrogen and oxygen atoms in total. The molecule has 5 heteroatoms. The van der Waals surface area contributed by atoms with Crippen LogP contribution in [0.25, 0.3) is 0 Å². The molecule has 0 aliphatic carbocycles. The fourth-order valence-corrected chi connectivity index (χ4v) is 3.24. The van der Waals surface area contributed by atoms with E-state index in [0.717, 1.165) is 17.4 Å². The zero-order chi connectivity index (χ0) is 14.5. The van der Waals surface area contributed by atoms with Crippen molar-refractivity contribution in [2.45, 2.75) is 32.7 Å². The van der Waals surface area contributed by atoms with Gasteiger partial charge in [0.05, 0.1) is 0 Å². The lowest BCUT2D eigenvalue weighted by Crippen LogP contribution is -2.22. The minimum atomic E-state index is -2.87. The van der Waals surface area contributed by atoms with E-state index < -0.39 is 9.84 Å². The lowest BCUT2D eigenvalue weighted by atomic mass is 9.98. The Morgan fingerprint density at radius 3 is 2.63 bits per heavy atom. The van der Waals surface area contributed by atoms with Gasteiger partial charge in [-0.2, -0.15) is 0 Å². The Kier molecular flexibility index (Phi) is 6.50. The van der Waals surface area contributed by atoms with Crippen LogP contribution in [-0.4, -0.2) is 27.0 Å². The monoisotopic (exact) mass is 347 g/mol.